The molecule has 2 heterocycles. The van der Waals surface area contributed by atoms with Gasteiger partial charge in [0.1, 0.15) is 12.1 Å². The van der Waals surface area contributed by atoms with Gasteiger partial charge in [-0.3, -0.25) is 0 Å². The lowest BCUT2D eigenvalue weighted by atomic mass is 10.2. The summed E-state index contributed by atoms with van der Waals surface area (Å²) in [6.45, 7) is 5.19. The van der Waals surface area contributed by atoms with Gasteiger partial charge in [0.05, 0.1) is 17.3 Å². The largest absolute Gasteiger partial charge is 0.326 e. The third kappa shape index (κ3) is 3.40. The highest BCUT2D eigenvalue weighted by Gasteiger charge is 2.17. The van der Waals surface area contributed by atoms with Crippen LogP contribution in [-0.4, -0.2) is 26.3 Å². The Balaban J connectivity index is 1.82. The second-order valence-electron chi connectivity index (χ2n) is 6.67. The van der Waals surface area contributed by atoms with E-state index in [1.165, 1.54) is 5.56 Å². The first-order chi connectivity index (χ1) is 13.3. The summed E-state index contributed by atoms with van der Waals surface area (Å²) in [7, 11) is 0. The van der Waals surface area contributed by atoms with Crippen molar-refractivity contribution >= 4 is 22.5 Å². The van der Waals surface area contributed by atoms with Crippen LogP contribution in [0.5, 0.6) is 0 Å². The molecule has 0 bridgehead atoms. The van der Waals surface area contributed by atoms with Crippen LogP contribution in [0.4, 0.5) is 11.5 Å². The van der Waals surface area contributed by atoms with E-state index in [1.807, 2.05) is 16.9 Å². The number of unbranched alkanes of at least 4 members (excludes halogenated alkanes) is 1. The van der Waals surface area contributed by atoms with Crippen molar-refractivity contribution in [1.82, 2.24) is 19.7 Å². The summed E-state index contributed by atoms with van der Waals surface area (Å²) >= 11 is 0. The number of para-hydroxylation sites is 1. The van der Waals surface area contributed by atoms with E-state index in [1.54, 1.807) is 6.33 Å². The molecule has 2 aromatic carbocycles. The third-order valence-corrected chi connectivity index (χ3v) is 4.68. The Morgan fingerprint density at radius 1 is 0.963 bits per heavy atom. The van der Waals surface area contributed by atoms with Gasteiger partial charge in [-0.25, -0.2) is 14.6 Å². The number of hydrogen-bond donors (Lipinski definition) is 0. The Bertz CT molecular complexity index is 1020. The van der Waals surface area contributed by atoms with Crippen LogP contribution in [0.15, 0.2) is 67.1 Å². The number of benzene rings is 2. The Morgan fingerprint density at radius 2 is 1.74 bits per heavy atom. The zero-order valence-corrected chi connectivity index (χ0v) is 15.7. The minimum absolute atomic E-state index is 0.821. The van der Waals surface area contributed by atoms with E-state index in [9.17, 15) is 0 Å². The fourth-order valence-corrected chi connectivity index (χ4v) is 3.20. The summed E-state index contributed by atoms with van der Waals surface area (Å²) in [5.41, 5.74) is 4.18. The zero-order valence-electron chi connectivity index (χ0n) is 15.7. The van der Waals surface area contributed by atoms with Gasteiger partial charge < -0.3 is 4.90 Å². The molecule has 0 aliphatic heterocycles. The van der Waals surface area contributed by atoms with E-state index >= 15 is 0 Å². The highest BCUT2D eigenvalue weighted by Crippen LogP contribution is 2.30. The zero-order chi connectivity index (χ0) is 18.6. The maximum atomic E-state index is 4.62. The van der Waals surface area contributed by atoms with Crippen LogP contribution < -0.4 is 4.90 Å². The van der Waals surface area contributed by atoms with E-state index in [-0.39, 0.29) is 0 Å². The molecular weight excluding hydrogens is 334 g/mol. The third-order valence-electron chi connectivity index (χ3n) is 4.68. The lowest BCUT2D eigenvalue weighted by molar-refractivity contribution is 0.780. The van der Waals surface area contributed by atoms with Crippen LogP contribution in [0, 0.1) is 6.92 Å². The summed E-state index contributed by atoms with van der Waals surface area (Å²) in [5.74, 6) is 0.901. The van der Waals surface area contributed by atoms with E-state index in [2.05, 4.69) is 82.3 Å². The fourth-order valence-electron chi connectivity index (χ4n) is 3.20. The Hall–Kier alpha value is -3.21. The minimum atomic E-state index is 0.821. The van der Waals surface area contributed by atoms with Gasteiger partial charge in [0, 0.05) is 12.2 Å². The molecular formula is C22H23N5. The molecule has 0 saturated heterocycles. The van der Waals surface area contributed by atoms with Crippen molar-refractivity contribution < 1.29 is 0 Å². The number of anilines is 2. The molecule has 2 aromatic heterocycles. The Labute approximate surface area is 159 Å². The van der Waals surface area contributed by atoms with Crippen molar-refractivity contribution in [1.29, 1.82) is 0 Å². The normalized spacial score (nSPS) is 11.0. The van der Waals surface area contributed by atoms with Gasteiger partial charge in [0.2, 0.25) is 0 Å². The molecule has 0 fully saturated rings. The van der Waals surface area contributed by atoms with E-state index < -0.39 is 0 Å². The molecule has 0 aliphatic carbocycles. The van der Waals surface area contributed by atoms with Gasteiger partial charge in [0.15, 0.2) is 5.65 Å². The monoisotopic (exact) mass is 357 g/mol. The molecule has 0 N–H and O–H groups in total. The van der Waals surface area contributed by atoms with Crippen molar-refractivity contribution in [3.05, 3.63) is 72.7 Å². The standard InChI is InChI=1S/C22H23N5/c1-3-4-14-26(18-8-6-5-7-9-18)21-20-15-25-27(22(20)24-16-23-21)19-12-10-17(2)11-13-19/h5-13,15-16H,3-4,14H2,1-2H3. The molecule has 136 valence electrons. The molecule has 4 rings (SSSR count). The summed E-state index contributed by atoms with van der Waals surface area (Å²) < 4.78 is 1.88. The van der Waals surface area contributed by atoms with Crippen molar-refractivity contribution in [3.63, 3.8) is 0 Å². The van der Waals surface area contributed by atoms with Crippen LogP contribution in [0.2, 0.25) is 0 Å². The van der Waals surface area contributed by atoms with E-state index in [4.69, 9.17) is 0 Å². The maximum absolute atomic E-state index is 4.62. The highest BCUT2D eigenvalue weighted by molar-refractivity contribution is 5.90. The number of nitrogens with zero attached hydrogens (tertiary/aromatic N) is 5. The molecule has 27 heavy (non-hydrogen) atoms. The second kappa shape index (κ2) is 7.58. The van der Waals surface area contributed by atoms with Crippen LogP contribution in [0.1, 0.15) is 25.3 Å². The summed E-state index contributed by atoms with van der Waals surface area (Å²) in [6.07, 6.45) is 5.71. The van der Waals surface area contributed by atoms with Crippen molar-refractivity contribution in [2.75, 3.05) is 11.4 Å². The number of aryl methyl sites for hydroxylation is 1. The van der Waals surface area contributed by atoms with E-state index in [0.29, 0.717) is 0 Å². The Kier molecular flexibility index (Phi) is 4.83. The van der Waals surface area contributed by atoms with Gasteiger partial charge in [-0.2, -0.15) is 5.10 Å². The van der Waals surface area contributed by atoms with Crippen molar-refractivity contribution in [3.8, 4) is 5.69 Å². The van der Waals surface area contributed by atoms with E-state index in [0.717, 1.165) is 47.6 Å². The first-order valence-corrected chi connectivity index (χ1v) is 9.36. The maximum Gasteiger partial charge on any atom is 0.168 e. The molecule has 0 unspecified atom stereocenters. The van der Waals surface area contributed by atoms with Crippen molar-refractivity contribution in [2.45, 2.75) is 26.7 Å². The predicted octanol–water partition coefficient (Wildman–Crippen LogP) is 5.06. The van der Waals surface area contributed by atoms with Crippen LogP contribution in [0.3, 0.4) is 0 Å². The summed E-state index contributed by atoms with van der Waals surface area (Å²) in [5, 5.41) is 5.56. The predicted molar refractivity (Wildman–Crippen MR) is 110 cm³/mol. The second-order valence-corrected chi connectivity index (χ2v) is 6.67. The summed E-state index contributed by atoms with van der Waals surface area (Å²) in [6, 6.07) is 18.7. The fraction of sp³-hybridized carbons (Fsp3) is 0.227. The lowest BCUT2D eigenvalue weighted by Gasteiger charge is -2.24. The molecule has 0 aliphatic rings. The summed E-state index contributed by atoms with van der Waals surface area (Å²) in [4.78, 5) is 11.4. The highest BCUT2D eigenvalue weighted by atomic mass is 15.3. The molecule has 5 heteroatoms. The molecule has 0 radical (unpaired) electrons. The van der Waals surface area contributed by atoms with Gasteiger partial charge in [-0.05, 0) is 37.6 Å². The SMILES string of the molecule is CCCCN(c1ccccc1)c1ncnc2c1cnn2-c1ccc(C)cc1. The number of hydrogen-bond acceptors (Lipinski definition) is 4. The smallest absolute Gasteiger partial charge is 0.168 e. The van der Waals surface area contributed by atoms with Crippen LogP contribution in [0.25, 0.3) is 16.7 Å². The topological polar surface area (TPSA) is 46.8 Å². The quantitative estimate of drug-likeness (QED) is 0.484. The minimum Gasteiger partial charge on any atom is -0.326 e. The van der Waals surface area contributed by atoms with Crippen molar-refractivity contribution in [2.24, 2.45) is 0 Å². The molecule has 5 nitrogen and oxygen atoms in total. The average Bonchev–Trinajstić information content (AvgIpc) is 3.14. The van der Waals surface area contributed by atoms with Gasteiger partial charge in [-0.15, -0.1) is 0 Å². The van der Waals surface area contributed by atoms with Gasteiger partial charge in [-0.1, -0.05) is 49.2 Å². The number of aromatic nitrogens is 4. The average molecular weight is 357 g/mol. The first kappa shape index (κ1) is 17.2. The number of rotatable bonds is 6. The lowest BCUT2D eigenvalue weighted by Crippen LogP contribution is -2.19. The first-order valence-electron chi connectivity index (χ1n) is 9.36. The van der Waals surface area contributed by atoms with Gasteiger partial charge in [0.25, 0.3) is 0 Å². The Morgan fingerprint density at radius 3 is 2.48 bits per heavy atom. The molecule has 0 saturated carbocycles. The molecule has 0 atom stereocenters. The molecule has 0 amide bonds. The number of fused-ring (bicyclic) bond motifs is 1. The molecule has 4 aromatic rings. The molecule has 0 spiro atoms. The van der Waals surface area contributed by atoms with Crippen LogP contribution in [-0.2, 0) is 0 Å². The van der Waals surface area contributed by atoms with Crippen LogP contribution >= 0.6 is 0 Å². The van der Waals surface area contributed by atoms with Gasteiger partial charge >= 0.3 is 0 Å².